The number of nitrogens with zero attached hydrogens (tertiary/aromatic N) is 3. The molecule has 0 spiro atoms. The number of rotatable bonds is 5. The van der Waals surface area contributed by atoms with Crippen LogP contribution in [-0.2, 0) is 17.6 Å². The van der Waals surface area contributed by atoms with Crippen LogP contribution in [-0.4, -0.2) is 33.4 Å². The molecule has 0 bridgehead atoms. The molecule has 0 saturated carbocycles. The summed E-state index contributed by atoms with van der Waals surface area (Å²) in [6.07, 6.45) is 8.57. The van der Waals surface area contributed by atoms with Crippen molar-refractivity contribution in [3.05, 3.63) is 40.6 Å². The minimum atomic E-state index is 0.288. The highest BCUT2D eigenvalue weighted by Crippen LogP contribution is 2.24. The number of imidazole rings is 1. The van der Waals surface area contributed by atoms with Gasteiger partial charge in [-0.3, -0.25) is 4.79 Å². The monoisotopic (exact) mass is 317 g/mol. The van der Waals surface area contributed by atoms with Gasteiger partial charge >= 0.3 is 0 Å². The van der Waals surface area contributed by atoms with Crippen molar-refractivity contribution in [2.75, 3.05) is 13.1 Å². The van der Waals surface area contributed by atoms with Crippen LogP contribution in [0.25, 0.3) is 0 Å². The van der Waals surface area contributed by atoms with E-state index in [9.17, 15) is 4.79 Å². The Labute approximate surface area is 135 Å². The average Bonchev–Trinajstić information content (AvgIpc) is 3.23. The van der Waals surface area contributed by atoms with Gasteiger partial charge in [0.25, 0.3) is 0 Å². The molecule has 1 saturated heterocycles. The molecule has 0 N–H and O–H groups in total. The molecule has 3 rings (SSSR count). The van der Waals surface area contributed by atoms with E-state index in [0.717, 1.165) is 44.6 Å². The second-order valence-electron chi connectivity index (χ2n) is 5.82. The van der Waals surface area contributed by atoms with E-state index in [4.69, 9.17) is 0 Å². The quantitative estimate of drug-likeness (QED) is 0.848. The first-order chi connectivity index (χ1) is 10.8. The lowest BCUT2D eigenvalue weighted by Crippen LogP contribution is -2.41. The number of amides is 1. The fourth-order valence-corrected chi connectivity index (χ4v) is 3.91. The SMILES string of the molecule is CCc1nccn1[C@@H]1CCCN(C(=O)CCc2cccs2)C1. The topological polar surface area (TPSA) is 38.1 Å². The fraction of sp³-hybridized carbons (Fsp3) is 0.529. The second kappa shape index (κ2) is 7.09. The minimum absolute atomic E-state index is 0.288. The molecule has 2 aromatic rings. The van der Waals surface area contributed by atoms with E-state index in [1.807, 2.05) is 17.2 Å². The van der Waals surface area contributed by atoms with Crippen molar-refractivity contribution in [3.8, 4) is 0 Å². The largest absolute Gasteiger partial charge is 0.341 e. The van der Waals surface area contributed by atoms with Crippen molar-refractivity contribution in [2.24, 2.45) is 0 Å². The first-order valence-electron chi connectivity index (χ1n) is 8.09. The summed E-state index contributed by atoms with van der Waals surface area (Å²) in [7, 11) is 0. The van der Waals surface area contributed by atoms with Crippen LogP contribution < -0.4 is 0 Å². The molecule has 0 radical (unpaired) electrons. The number of thiophene rings is 1. The molecule has 0 aromatic carbocycles. The zero-order valence-electron chi connectivity index (χ0n) is 13.1. The Morgan fingerprint density at radius 2 is 2.41 bits per heavy atom. The van der Waals surface area contributed by atoms with E-state index in [2.05, 4.69) is 34.1 Å². The Morgan fingerprint density at radius 1 is 1.50 bits per heavy atom. The molecule has 5 heteroatoms. The van der Waals surface area contributed by atoms with Crippen LogP contribution in [0.3, 0.4) is 0 Å². The predicted octanol–water partition coefficient (Wildman–Crippen LogP) is 3.30. The molecule has 118 valence electrons. The van der Waals surface area contributed by atoms with Gasteiger partial charge in [-0.25, -0.2) is 4.98 Å². The number of aromatic nitrogens is 2. The third kappa shape index (κ3) is 3.40. The summed E-state index contributed by atoms with van der Waals surface area (Å²) < 4.78 is 2.26. The summed E-state index contributed by atoms with van der Waals surface area (Å²) in [4.78, 5) is 20.2. The van der Waals surface area contributed by atoms with E-state index in [0.29, 0.717) is 12.5 Å². The molecule has 22 heavy (non-hydrogen) atoms. The van der Waals surface area contributed by atoms with Crippen molar-refractivity contribution < 1.29 is 4.79 Å². The van der Waals surface area contributed by atoms with Crippen LogP contribution in [0.1, 0.15) is 42.9 Å². The van der Waals surface area contributed by atoms with Crippen molar-refractivity contribution in [3.63, 3.8) is 0 Å². The normalized spacial score (nSPS) is 18.6. The lowest BCUT2D eigenvalue weighted by Gasteiger charge is -2.34. The summed E-state index contributed by atoms with van der Waals surface area (Å²) in [6.45, 7) is 3.86. The molecule has 1 fully saturated rings. The van der Waals surface area contributed by atoms with Crippen LogP contribution in [0.15, 0.2) is 29.9 Å². The maximum absolute atomic E-state index is 12.5. The van der Waals surface area contributed by atoms with Crippen LogP contribution in [0.5, 0.6) is 0 Å². The van der Waals surface area contributed by atoms with E-state index in [1.54, 1.807) is 11.3 Å². The van der Waals surface area contributed by atoms with Gasteiger partial charge in [-0.1, -0.05) is 13.0 Å². The van der Waals surface area contributed by atoms with Gasteiger partial charge in [0, 0.05) is 43.2 Å². The smallest absolute Gasteiger partial charge is 0.223 e. The Bertz CT molecular complexity index is 605. The standard InChI is InChI=1S/C17H23N3OS/c1-2-16-18-9-11-20(16)14-5-3-10-19(13-14)17(21)8-7-15-6-4-12-22-15/h4,6,9,11-12,14H,2-3,5,7-8,10,13H2,1H3/t14-/m1/s1. The van der Waals surface area contributed by atoms with Gasteiger partial charge in [-0.2, -0.15) is 0 Å². The zero-order valence-corrected chi connectivity index (χ0v) is 13.9. The minimum Gasteiger partial charge on any atom is -0.341 e. The van der Waals surface area contributed by atoms with Crippen LogP contribution in [0, 0.1) is 0 Å². The Balaban J connectivity index is 1.59. The predicted molar refractivity (Wildman–Crippen MR) is 89.1 cm³/mol. The molecule has 2 aromatic heterocycles. The van der Waals surface area contributed by atoms with Crippen molar-refractivity contribution in [2.45, 2.75) is 45.1 Å². The lowest BCUT2D eigenvalue weighted by molar-refractivity contribution is -0.132. The molecule has 3 heterocycles. The fourth-order valence-electron chi connectivity index (χ4n) is 3.20. The first kappa shape index (κ1) is 15.3. The number of carbonyl (C=O) groups is 1. The Hall–Kier alpha value is -1.62. The number of carbonyl (C=O) groups excluding carboxylic acids is 1. The van der Waals surface area contributed by atoms with E-state index < -0.39 is 0 Å². The lowest BCUT2D eigenvalue weighted by atomic mass is 10.0. The highest BCUT2D eigenvalue weighted by atomic mass is 32.1. The molecule has 1 aliphatic heterocycles. The van der Waals surface area contributed by atoms with E-state index in [1.165, 1.54) is 4.88 Å². The third-order valence-corrected chi connectivity index (χ3v) is 5.31. The molecule has 0 aliphatic carbocycles. The van der Waals surface area contributed by atoms with Crippen molar-refractivity contribution in [1.82, 2.24) is 14.5 Å². The van der Waals surface area contributed by atoms with Crippen molar-refractivity contribution in [1.29, 1.82) is 0 Å². The molecule has 0 unspecified atom stereocenters. The number of hydrogen-bond donors (Lipinski definition) is 0. The van der Waals surface area contributed by atoms with Gasteiger partial charge in [0.1, 0.15) is 5.82 Å². The number of aryl methyl sites for hydroxylation is 2. The van der Waals surface area contributed by atoms with Gasteiger partial charge in [0.2, 0.25) is 5.91 Å². The Kier molecular flexibility index (Phi) is 4.93. The Morgan fingerprint density at radius 3 is 3.18 bits per heavy atom. The summed E-state index contributed by atoms with van der Waals surface area (Å²) in [5.74, 6) is 1.41. The molecule has 1 aliphatic rings. The number of hydrogen-bond acceptors (Lipinski definition) is 3. The van der Waals surface area contributed by atoms with Gasteiger partial charge in [0.05, 0.1) is 6.04 Å². The number of piperidine rings is 1. The van der Waals surface area contributed by atoms with Crippen molar-refractivity contribution >= 4 is 17.2 Å². The zero-order chi connectivity index (χ0) is 15.4. The van der Waals surface area contributed by atoms with Gasteiger partial charge in [-0.05, 0) is 30.7 Å². The summed E-state index contributed by atoms with van der Waals surface area (Å²) >= 11 is 1.73. The molecular formula is C17H23N3OS. The average molecular weight is 317 g/mol. The summed E-state index contributed by atoms with van der Waals surface area (Å²) in [6, 6.07) is 4.54. The summed E-state index contributed by atoms with van der Waals surface area (Å²) in [5.41, 5.74) is 0. The van der Waals surface area contributed by atoms with Crippen LogP contribution in [0.4, 0.5) is 0 Å². The van der Waals surface area contributed by atoms with E-state index >= 15 is 0 Å². The van der Waals surface area contributed by atoms with Crippen LogP contribution >= 0.6 is 11.3 Å². The highest BCUT2D eigenvalue weighted by Gasteiger charge is 2.25. The van der Waals surface area contributed by atoms with Gasteiger partial charge < -0.3 is 9.47 Å². The second-order valence-corrected chi connectivity index (χ2v) is 6.85. The maximum Gasteiger partial charge on any atom is 0.223 e. The van der Waals surface area contributed by atoms with Gasteiger partial charge in [-0.15, -0.1) is 11.3 Å². The first-order valence-corrected chi connectivity index (χ1v) is 8.97. The molecule has 1 amide bonds. The highest BCUT2D eigenvalue weighted by molar-refractivity contribution is 7.09. The molecule has 1 atom stereocenters. The molecule has 4 nitrogen and oxygen atoms in total. The maximum atomic E-state index is 12.5. The van der Waals surface area contributed by atoms with Crippen LogP contribution in [0.2, 0.25) is 0 Å². The van der Waals surface area contributed by atoms with Gasteiger partial charge in [0.15, 0.2) is 0 Å². The summed E-state index contributed by atoms with van der Waals surface area (Å²) in [5, 5.41) is 2.07. The third-order valence-electron chi connectivity index (χ3n) is 4.37. The van der Waals surface area contributed by atoms with E-state index in [-0.39, 0.29) is 5.91 Å². The number of likely N-dealkylation sites (tertiary alicyclic amines) is 1. The molecular weight excluding hydrogens is 294 g/mol.